The second-order valence-corrected chi connectivity index (χ2v) is 3.77. The molecule has 1 aliphatic heterocycles. The maximum atomic E-state index is 9.50. The second kappa shape index (κ2) is 4.07. The minimum absolute atomic E-state index is 0.160. The summed E-state index contributed by atoms with van der Waals surface area (Å²) < 4.78 is 5.31. The fourth-order valence-corrected chi connectivity index (χ4v) is 1.93. The summed E-state index contributed by atoms with van der Waals surface area (Å²) in [7, 11) is 0. The standard InChI is InChI=1S/C11H15NO2/c13-9-11(4-7-14-8-5-11)10-3-1-2-6-12-10/h1-3,6,13H,4-5,7-9H2. The van der Waals surface area contributed by atoms with Crippen LogP contribution in [0.4, 0.5) is 0 Å². The van der Waals surface area contributed by atoms with Crippen molar-refractivity contribution < 1.29 is 9.84 Å². The summed E-state index contributed by atoms with van der Waals surface area (Å²) in [6, 6.07) is 5.85. The van der Waals surface area contributed by atoms with Crippen LogP contribution in [0.5, 0.6) is 0 Å². The molecule has 0 atom stereocenters. The van der Waals surface area contributed by atoms with Crippen LogP contribution in [0.25, 0.3) is 0 Å². The number of hydrogen-bond acceptors (Lipinski definition) is 3. The van der Waals surface area contributed by atoms with Crippen LogP contribution >= 0.6 is 0 Å². The molecule has 0 spiro atoms. The molecule has 0 amide bonds. The lowest BCUT2D eigenvalue weighted by Crippen LogP contribution is -2.37. The molecule has 0 radical (unpaired) electrons. The molecule has 0 saturated carbocycles. The van der Waals surface area contributed by atoms with E-state index in [2.05, 4.69) is 4.98 Å². The number of aromatic nitrogens is 1. The minimum atomic E-state index is -0.167. The van der Waals surface area contributed by atoms with E-state index in [-0.39, 0.29) is 12.0 Å². The molecule has 1 aromatic heterocycles. The SMILES string of the molecule is OCC1(c2ccccn2)CCOCC1. The Morgan fingerprint density at radius 1 is 1.36 bits per heavy atom. The van der Waals surface area contributed by atoms with E-state index in [0.717, 1.165) is 31.7 Å². The predicted molar refractivity (Wildman–Crippen MR) is 53.1 cm³/mol. The van der Waals surface area contributed by atoms with E-state index in [9.17, 15) is 5.11 Å². The zero-order chi connectivity index (χ0) is 9.86. The predicted octanol–water partition coefficient (Wildman–Crippen LogP) is 1.12. The Morgan fingerprint density at radius 3 is 2.71 bits per heavy atom. The van der Waals surface area contributed by atoms with Gasteiger partial charge in [0, 0.05) is 30.5 Å². The minimum Gasteiger partial charge on any atom is -0.395 e. The third kappa shape index (κ3) is 1.65. The topological polar surface area (TPSA) is 42.4 Å². The van der Waals surface area contributed by atoms with Crippen molar-refractivity contribution in [2.45, 2.75) is 18.3 Å². The monoisotopic (exact) mass is 193 g/mol. The molecule has 1 aromatic rings. The highest BCUT2D eigenvalue weighted by molar-refractivity contribution is 5.17. The van der Waals surface area contributed by atoms with Crippen LogP contribution in [0, 0.1) is 0 Å². The molecule has 0 bridgehead atoms. The molecule has 1 aliphatic rings. The Labute approximate surface area is 83.7 Å². The molecule has 1 fully saturated rings. The van der Waals surface area contributed by atoms with Crippen LogP contribution in [0.15, 0.2) is 24.4 Å². The second-order valence-electron chi connectivity index (χ2n) is 3.77. The average Bonchev–Trinajstić information content (AvgIpc) is 2.31. The van der Waals surface area contributed by atoms with Gasteiger partial charge in [0.2, 0.25) is 0 Å². The Kier molecular flexibility index (Phi) is 2.79. The van der Waals surface area contributed by atoms with Gasteiger partial charge in [0.25, 0.3) is 0 Å². The van der Waals surface area contributed by atoms with Gasteiger partial charge in [0.1, 0.15) is 0 Å². The van der Waals surface area contributed by atoms with Crippen molar-refractivity contribution in [3.8, 4) is 0 Å². The third-order valence-corrected chi connectivity index (χ3v) is 2.96. The molecule has 2 heterocycles. The highest BCUT2D eigenvalue weighted by atomic mass is 16.5. The third-order valence-electron chi connectivity index (χ3n) is 2.96. The first-order valence-electron chi connectivity index (χ1n) is 4.97. The van der Waals surface area contributed by atoms with Gasteiger partial charge in [-0.05, 0) is 25.0 Å². The molecule has 3 heteroatoms. The van der Waals surface area contributed by atoms with Crippen LogP contribution in [-0.2, 0) is 10.2 Å². The van der Waals surface area contributed by atoms with Gasteiger partial charge in [-0.25, -0.2) is 0 Å². The van der Waals surface area contributed by atoms with Crippen molar-refractivity contribution in [2.24, 2.45) is 0 Å². The summed E-state index contributed by atoms with van der Waals surface area (Å²) >= 11 is 0. The van der Waals surface area contributed by atoms with Crippen LogP contribution in [-0.4, -0.2) is 29.9 Å². The lowest BCUT2D eigenvalue weighted by atomic mass is 9.78. The largest absolute Gasteiger partial charge is 0.395 e. The molecular formula is C11H15NO2. The highest BCUT2D eigenvalue weighted by Crippen LogP contribution is 2.32. The summed E-state index contributed by atoms with van der Waals surface area (Å²) in [5.74, 6) is 0. The number of pyridine rings is 1. The fourth-order valence-electron chi connectivity index (χ4n) is 1.93. The Bertz CT molecular complexity index is 281. The van der Waals surface area contributed by atoms with Gasteiger partial charge in [0.15, 0.2) is 0 Å². The van der Waals surface area contributed by atoms with Crippen LogP contribution < -0.4 is 0 Å². The van der Waals surface area contributed by atoms with E-state index in [1.807, 2.05) is 18.2 Å². The summed E-state index contributed by atoms with van der Waals surface area (Å²) in [6.07, 6.45) is 3.50. The van der Waals surface area contributed by atoms with Crippen LogP contribution in [0.1, 0.15) is 18.5 Å². The number of aliphatic hydroxyl groups is 1. The quantitative estimate of drug-likeness (QED) is 0.765. The lowest BCUT2D eigenvalue weighted by molar-refractivity contribution is 0.0236. The van der Waals surface area contributed by atoms with Crippen LogP contribution in [0.3, 0.4) is 0 Å². The van der Waals surface area contributed by atoms with Gasteiger partial charge in [-0.15, -0.1) is 0 Å². The Hall–Kier alpha value is -0.930. The van der Waals surface area contributed by atoms with Crippen molar-refractivity contribution in [1.82, 2.24) is 4.98 Å². The Morgan fingerprint density at radius 2 is 2.14 bits per heavy atom. The van der Waals surface area contributed by atoms with E-state index >= 15 is 0 Å². The van der Waals surface area contributed by atoms with Crippen molar-refractivity contribution in [1.29, 1.82) is 0 Å². The van der Waals surface area contributed by atoms with E-state index in [0.29, 0.717) is 0 Å². The van der Waals surface area contributed by atoms with Gasteiger partial charge in [-0.2, -0.15) is 0 Å². The van der Waals surface area contributed by atoms with E-state index < -0.39 is 0 Å². The summed E-state index contributed by atoms with van der Waals surface area (Å²) in [5.41, 5.74) is 0.824. The van der Waals surface area contributed by atoms with Gasteiger partial charge in [0.05, 0.1) is 6.61 Å². The molecule has 2 rings (SSSR count). The molecular weight excluding hydrogens is 178 g/mol. The molecule has 1 N–H and O–H groups in total. The maximum Gasteiger partial charge on any atom is 0.0544 e. The highest BCUT2D eigenvalue weighted by Gasteiger charge is 2.34. The summed E-state index contributed by atoms with van der Waals surface area (Å²) in [6.45, 7) is 1.60. The zero-order valence-electron chi connectivity index (χ0n) is 8.15. The van der Waals surface area contributed by atoms with E-state index in [1.165, 1.54) is 0 Å². The molecule has 0 unspecified atom stereocenters. The first-order valence-corrected chi connectivity index (χ1v) is 4.97. The number of aliphatic hydroxyl groups excluding tert-OH is 1. The lowest BCUT2D eigenvalue weighted by Gasteiger charge is -2.34. The van der Waals surface area contributed by atoms with Crippen LogP contribution in [0.2, 0.25) is 0 Å². The molecule has 1 saturated heterocycles. The van der Waals surface area contributed by atoms with E-state index in [1.54, 1.807) is 6.20 Å². The van der Waals surface area contributed by atoms with Crippen molar-refractivity contribution in [3.63, 3.8) is 0 Å². The van der Waals surface area contributed by atoms with Gasteiger partial charge >= 0.3 is 0 Å². The molecule has 0 aromatic carbocycles. The average molecular weight is 193 g/mol. The molecule has 14 heavy (non-hydrogen) atoms. The van der Waals surface area contributed by atoms with Gasteiger partial charge in [-0.1, -0.05) is 6.07 Å². The number of ether oxygens (including phenoxy) is 1. The van der Waals surface area contributed by atoms with Crippen molar-refractivity contribution >= 4 is 0 Å². The normalized spacial score (nSPS) is 20.6. The molecule has 3 nitrogen and oxygen atoms in total. The zero-order valence-corrected chi connectivity index (χ0v) is 8.15. The number of rotatable bonds is 2. The Balaban J connectivity index is 2.27. The summed E-state index contributed by atoms with van der Waals surface area (Å²) in [5, 5.41) is 9.50. The van der Waals surface area contributed by atoms with Gasteiger partial charge in [-0.3, -0.25) is 4.98 Å². The van der Waals surface area contributed by atoms with E-state index in [4.69, 9.17) is 4.74 Å². The molecule has 0 aliphatic carbocycles. The van der Waals surface area contributed by atoms with Gasteiger partial charge < -0.3 is 9.84 Å². The number of nitrogens with zero attached hydrogens (tertiary/aromatic N) is 1. The first kappa shape index (κ1) is 9.62. The van der Waals surface area contributed by atoms with Crippen molar-refractivity contribution in [2.75, 3.05) is 19.8 Å². The maximum absolute atomic E-state index is 9.50. The van der Waals surface area contributed by atoms with Crippen molar-refractivity contribution in [3.05, 3.63) is 30.1 Å². The first-order chi connectivity index (χ1) is 6.87. The number of hydrogen-bond donors (Lipinski definition) is 1. The fraction of sp³-hybridized carbons (Fsp3) is 0.545. The summed E-state index contributed by atoms with van der Waals surface area (Å²) in [4.78, 5) is 4.33. The smallest absolute Gasteiger partial charge is 0.0544 e. The molecule has 76 valence electrons.